The number of anilines is 2. The molecule has 186 valence electrons. The van der Waals surface area contributed by atoms with Gasteiger partial charge in [-0.3, -0.25) is 9.59 Å². The lowest BCUT2D eigenvalue weighted by Crippen LogP contribution is -2.42. The van der Waals surface area contributed by atoms with Gasteiger partial charge in [0.2, 0.25) is 11.8 Å². The Balaban J connectivity index is 1.72. The summed E-state index contributed by atoms with van der Waals surface area (Å²) in [6, 6.07) is 7.90. The maximum absolute atomic E-state index is 13.0. The van der Waals surface area contributed by atoms with Crippen LogP contribution in [-0.2, 0) is 9.59 Å². The van der Waals surface area contributed by atoms with Crippen LogP contribution in [0.1, 0.15) is 58.4 Å². The molecule has 2 aliphatic rings. The fourth-order valence-electron chi connectivity index (χ4n) is 5.10. The third kappa shape index (κ3) is 6.63. The molecule has 1 atom stereocenters. The average molecular weight is 475 g/mol. The molecular formula is C29H38N4O2. The molecule has 1 unspecified atom stereocenters. The molecule has 0 spiro atoms. The SMILES string of the molecule is CCNC(=O)C(C1=CCC=CC=C1)C1CCN(c2ccc(NC(=O)C(CC)CC)cc2C#N)CC1. The number of carbonyl (C=O) groups is 2. The Morgan fingerprint density at radius 1 is 1.11 bits per heavy atom. The van der Waals surface area contributed by atoms with Crippen molar-refractivity contribution in [2.75, 3.05) is 29.9 Å². The molecule has 0 saturated carbocycles. The van der Waals surface area contributed by atoms with Crippen LogP contribution in [0.4, 0.5) is 11.4 Å². The van der Waals surface area contributed by atoms with E-state index in [-0.39, 0.29) is 29.6 Å². The van der Waals surface area contributed by atoms with E-state index in [0.29, 0.717) is 17.8 Å². The first-order valence-corrected chi connectivity index (χ1v) is 12.9. The average Bonchev–Trinajstić information content (AvgIpc) is 3.15. The van der Waals surface area contributed by atoms with E-state index in [9.17, 15) is 14.9 Å². The van der Waals surface area contributed by atoms with Crippen molar-refractivity contribution in [3.8, 4) is 6.07 Å². The highest BCUT2D eigenvalue weighted by molar-refractivity contribution is 5.93. The highest BCUT2D eigenvalue weighted by Gasteiger charge is 2.33. The Labute approximate surface area is 209 Å². The van der Waals surface area contributed by atoms with Gasteiger partial charge in [-0.2, -0.15) is 5.26 Å². The van der Waals surface area contributed by atoms with Crippen molar-refractivity contribution in [3.05, 3.63) is 59.7 Å². The van der Waals surface area contributed by atoms with Crippen LogP contribution in [0.15, 0.2) is 54.2 Å². The first-order valence-electron chi connectivity index (χ1n) is 12.9. The van der Waals surface area contributed by atoms with Crippen molar-refractivity contribution in [3.63, 3.8) is 0 Å². The summed E-state index contributed by atoms with van der Waals surface area (Å²) in [6.45, 7) is 8.16. The van der Waals surface area contributed by atoms with E-state index in [1.807, 2.05) is 45.1 Å². The third-order valence-corrected chi connectivity index (χ3v) is 7.11. The molecule has 3 rings (SSSR count). The number of allylic oxidation sites excluding steroid dienone is 5. The van der Waals surface area contributed by atoms with E-state index in [1.54, 1.807) is 6.07 Å². The Morgan fingerprint density at radius 2 is 1.86 bits per heavy atom. The molecule has 1 saturated heterocycles. The zero-order chi connectivity index (χ0) is 25.2. The Kier molecular flexibility index (Phi) is 9.72. The minimum Gasteiger partial charge on any atom is -0.370 e. The summed E-state index contributed by atoms with van der Waals surface area (Å²) < 4.78 is 0. The summed E-state index contributed by atoms with van der Waals surface area (Å²) >= 11 is 0. The summed E-state index contributed by atoms with van der Waals surface area (Å²) in [6.07, 6.45) is 14.5. The summed E-state index contributed by atoms with van der Waals surface area (Å²) in [7, 11) is 0. The largest absolute Gasteiger partial charge is 0.370 e. The van der Waals surface area contributed by atoms with Crippen LogP contribution in [0.5, 0.6) is 0 Å². The highest BCUT2D eigenvalue weighted by Crippen LogP contribution is 2.35. The van der Waals surface area contributed by atoms with Crippen LogP contribution < -0.4 is 15.5 Å². The number of hydrogen-bond donors (Lipinski definition) is 2. The van der Waals surface area contributed by atoms with Crippen LogP contribution in [0.25, 0.3) is 0 Å². The lowest BCUT2D eigenvalue weighted by atomic mass is 9.78. The van der Waals surface area contributed by atoms with E-state index in [0.717, 1.165) is 56.5 Å². The molecule has 1 fully saturated rings. The van der Waals surface area contributed by atoms with Gasteiger partial charge in [0.1, 0.15) is 6.07 Å². The molecular weight excluding hydrogens is 436 g/mol. The van der Waals surface area contributed by atoms with Gasteiger partial charge in [0.15, 0.2) is 0 Å². The van der Waals surface area contributed by atoms with Gasteiger partial charge >= 0.3 is 0 Å². The first kappa shape index (κ1) is 26.3. The van der Waals surface area contributed by atoms with E-state index in [1.165, 1.54) is 0 Å². The van der Waals surface area contributed by atoms with E-state index in [2.05, 4.69) is 39.8 Å². The molecule has 35 heavy (non-hydrogen) atoms. The fraction of sp³-hybridized carbons (Fsp3) is 0.483. The summed E-state index contributed by atoms with van der Waals surface area (Å²) in [5.41, 5.74) is 3.20. The van der Waals surface area contributed by atoms with Crippen molar-refractivity contribution in [1.82, 2.24) is 5.32 Å². The Morgan fingerprint density at radius 3 is 2.51 bits per heavy atom. The molecule has 6 nitrogen and oxygen atoms in total. The number of hydrogen-bond acceptors (Lipinski definition) is 4. The lowest BCUT2D eigenvalue weighted by Gasteiger charge is -2.37. The Hall–Kier alpha value is -3.33. The zero-order valence-electron chi connectivity index (χ0n) is 21.2. The predicted octanol–water partition coefficient (Wildman–Crippen LogP) is 5.34. The molecule has 2 N–H and O–H groups in total. The smallest absolute Gasteiger partial charge is 0.227 e. The minimum absolute atomic E-state index is 0.000851. The topological polar surface area (TPSA) is 85.2 Å². The standard InChI is InChI=1S/C29H38N4O2/c1-4-21(5-2)28(34)32-25-13-14-26(24(19-25)20-30)33-17-15-23(16-18-33)27(29(35)31-6-3)22-11-9-7-8-10-12-22/h7-9,11-14,19,21,23,27H,4-6,10,15-18H2,1-3H3,(H,31,35)(H,32,34). The number of piperidine rings is 1. The molecule has 1 aliphatic carbocycles. The molecule has 1 aromatic carbocycles. The minimum atomic E-state index is -0.161. The van der Waals surface area contributed by atoms with E-state index >= 15 is 0 Å². The molecule has 0 aromatic heterocycles. The number of nitrogens with one attached hydrogen (secondary N) is 2. The van der Waals surface area contributed by atoms with Crippen molar-refractivity contribution < 1.29 is 9.59 Å². The second-order valence-electron chi connectivity index (χ2n) is 9.27. The van der Waals surface area contributed by atoms with Gasteiger partial charge in [0.25, 0.3) is 0 Å². The molecule has 6 heteroatoms. The fourth-order valence-corrected chi connectivity index (χ4v) is 5.10. The number of nitrogens with zero attached hydrogens (tertiary/aromatic N) is 2. The van der Waals surface area contributed by atoms with Gasteiger partial charge in [0.05, 0.1) is 17.2 Å². The van der Waals surface area contributed by atoms with Gasteiger partial charge in [0, 0.05) is 31.2 Å². The van der Waals surface area contributed by atoms with Crippen molar-refractivity contribution >= 4 is 23.2 Å². The Bertz CT molecular complexity index is 1020. The monoisotopic (exact) mass is 474 g/mol. The third-order valence-electron chi connectivity index (χ3n) is 7.11. The second kappa shape index (κ2) is 12.9. The highest BCUT2D eigenvalue weighted by atomic mass is 16.2. The number of amides is 2. The molecule has 1 aromatic rings. The quantitative estimate of drug-likeness (QED) is 0.506. The van der Waals surface area contributed by atoms with E-state index < -0.39 is 0 Å². The van der Waals surface area contributed by atoms with Crippen LogP contribution >= 0.6 is 0 Å². The molecule has 2 amide bonds. The van der Waals surface area contributed by atoms with Crippen molar-refractivity contribution in [1.29, 1.82) is 5.26 Å². The summed E-state index contributed by atoms with van der Waals surface area (Å²) in [4.78, 5) is 27.7. The molecule has 1 aliphatic heterocycles. The van der Waals surface area contributed by atoms with Gasteiger partial charge in [-0.25, -0.2) is 0 Å². The maximum Gasteiger partial charge on any atom is 0.227 e. The molecule has 1 heterocycles. The molecule has 0 radical (unpaired) electrons. The summed E-state index contributed by atoms with van der Waals surface area (Å²) in [5.74, 6) is 0.161. The van der Waals surface area contributed by atoms with Crippen molar-refractivity contribution in [2.45, 2.75) is 52.9 Å². The predicted molar refractivity (Wildman–Crippen MR) is 142 cm³/mol. The molecule has 0 bridgehead atoms. The van der Waals surface area contributed by atoms with Gasteiger partial charge < -0.3 is 15.5 Å². The van der Waals surface area contributed by atoms with E-state index in [4.69, 9.17) is 0 Å². The second-order valence-corrected chi connectivity index (χ2v) is 9.27. The summed E-state index contributed by atoms with van der Waals surface area (Å²) in [5, 5.41) is 15.8. The van der Waals surface area contributed by atoms with Gasteiger partial charge in [-0.05, 0) is 68.7 Å². The normalized spacial score (nSPS) is 16.9. The lowest BCUT2D eigenvalue weighted by molar-refractivity contribution is -0.125. The van der Waals surface area contributed by atoms with Crippen LogP contribution in [-0.4, -0.2) is 31.4 Å². The van der Waals surface area contributed by atoms with Gasteiger partial charge in [-0.15, -0.1) is 0 Å². The maximum atomic E-state index is 13.0. The number of carbonyl (C=O) groups excluding carboxylic acids is 2. The van der Waals surface area contributed by atoms with Crippen molar-refractivity contribution in [2.24, 2.45) is 17.8 Å². The number of benzene rings is 1. The zero-order valence-corrected chi connectivity index (χ0v) is 21.2. The van der Waals surface area contributed by atoms with Gasteiger partial charge in [-0.1, -0.05) is 44.2 Å². The van der Waals surface area contributed by atoms with Crippen LogP contribution in [0.3, 0.4) is 0 Å². The number of rotatable bonds is 9. The van der Waals surface area contributed by atoms with Crippen LogP contribution in [0, 0.1) is 29.1 Å². The number of nitriles is 1. The first-order chi connectivity index (χ1) is 17.0. The van der Waals surface area contributed by atoms with Crippen LogP contribution in [0.2, 0.25) is 0 Å².